The Morgan fingerprint density at radius 3 is 2.70 bits per heavy atom. The van der Waals surface area contributed by atoms with Crippen LogP contribution < -0.4 is 4.90 Å². The lowest BCUT2D eigenvalue weighted by Crippen LogP contribution is -2.16. The van der Waals surface area contributed by atoms with Crippen LogP contribution in [0, 0.1) is 6.92 Å². The average molecular weight is 292 g/mol. The molecule has 0 fully saturated rings. The molecule has 0 aliphatic rings. The highest BCUT2D eigenvalue weighted by atomic mass is 32.1. The molecule has 1 N–H and O–H groups in total. The van der Waals surface area contributed by atoms with Gasteiger partial charge in [-0.2, -0.15) is 0 Å². The van der Waals surface area contributed by atoms with Crippen LogP contribution in [0.3, 0.4) is 0 Å². The van der Waals surface area contributed by atoms with Crippen molar-refractivity contribution >= 4 is 22.2 Å². The third-order valence-corrected chi connectivity index (χ3v) is 4.25. The molecule has 20 heavy (non-hydrogen) atoms. The van der Waals surface area contributed by atoms with Crippen LogP contribution in [-0.4, -0.2) is 23.7 Å². The number of rotatable bonds is 6. The summed E-state index contributed by atoms with van der Waals surface area (Å²) in [7, 11) is 1.64. The fraction of sp³-hybridized carbons (Fsp3) is 0.400. The first kappa shape index (κ1) is 15.0. The molecule has 0 unspecified atom stereocenters. The summed E-state index contributed by atoms with van der Waals surface area (Å²) in [4.78, 5) is 7.65. The number of benzene rings is 1. The van der Waals surface area contributed by atoms with Gasteiger partial charge in [0.1, 0.15) is 0 Å². The van der Waals surface area contributed by atoms with Crippen LogP contribution in [0.4, 0.5) is 10.8 Å². The van der Waals surface area contributed by atoms with Crippen LogP contribution in [0.1, 0.15) is 23.1 Å². The fourth-order valence-electron chi connectivity index (χ4n) is 2.13. The summed E-state index contributed by atoms with van der Waals surface area (Å²) in [5, 5.41) is 10.3. The van der Waals surface area contributed by atoms with E-state index in [-0.39, 0.29) is 6.61 Å². The van der Waals surface area contributed by atoms with Crippen LogP contribution in [0.2, 0.25) is 0 Å². The molecule has 0 aliphatic heterocycles. The van der Waals surface area contributed by atoms with Gasteiger partial charge in [0.25, 0.3) is 0 Å². The van der Waals surface area contributed by atoms with Gasteiger partial charge in [0.05, 0.1) is 23.8 Å². The summed E-state index contributed by atoms with van der Waals surface area (Å²) < 4.78 is 5.14. The topological polar surface area (TPSA) is 45.6 Å². The van der Waals surface area contributed by atoms with E-state index in [0.29, 0.717) is 6.61 Å². The SMILES string of the molecule is CCN(c1nc(COC)c(CO)s1)c1ccccc1C. The molecule has 0 radical (unpaired) electrons. The average Bonchev–Trinajstić information content (AvgIpc) is 2.85. The van der Waals surface area contributed by atoms with E-state index in [2.05, 4.69) is 35.9 Å². The summed E-state index contributed by atoms with van der Waals surface area (Å²) in [6.45, 7) is 5.45. The Bertz CT molecular complexity index is 569. The van der Waals surface area contributed by atoms with Crippen molar-refractivity contribution < 1.29 is 9.84 Å². The maximum absolute atomic E-state index is 9.43. The Hall–Kier alpha value is -1.43. The largest absolute Gasteiger partial charge is 0.391 e. The second kappa shape index (κ2) is 6.83. The molecule has 2 rings (SSSR count). The second-order valence-electron chi connectivity index (χ2n) is 4.49. The van der Waals surface area contributed by atoms with Gasteiger partial charge in [-0.15, -0.1) is 0 Å². The normalized spacial score (nSPS) is 10.8. The second-order valence-corrected chi connectivity index (χ2v) is 5.55. The Labute approximate surface area is 123 Å². The highest BCUT2D eigenvalue weighted by Gasteiger charge is 2.17. The van der Waals surface area contributed by atoms with Crippen molar-refractivity contribution in [3.63, 3.8) is 0 Å². The fourth-order valence-corrected chi connectivity index (χ4v) is 3.13. The van der Waals surface area contributed by atoms with E-state index in [1.165, 1.54) is 16.9 Å². The number of aliphatic hydroxyl groups excluding tert-OH is 1. The zero-order valence-electron chi connectivity index (χ0n) is 12.1. The standard InChI is InChI=1S/C15H20N2O2S/c1-4-17(13-8-6-5-7-11(13)2)15-16-12(10-19-3)14(9-18)20-15/h5-8,18H,4,9-10H2,1-3H3. The molecule has 0 saturated heterocycles. The Morgan fingerprint density at radius 1 is 1.35 bits per heavy atom. The highest BCUT2D eigenvalue weighted by molar-refractivity contribution is 7.15. The van der Waals surface area contributed by atoms with Gasteiger partial charge in [-0.05, 0) is 25.5 Å². The third kappa shape index (κ3) is 3.00. The van der Waals surface area contributed by atoms with Crippen molar-refractivity contribution in [1.82, 2.24) is 4.98 Å². The number of thiazole rings is 1. The molecule has 1 heterocycles. The predicted octanol–water partition coefficient (Wildman–Crippen LogP) is 3.25. The molecule has 4 nitrogen and oxygen atoms in total. The number of hydrogen-bond acceptors (Lipinski definition) is 5. The molecule has 1 aromatic carbocycles. The van der Waals surface area contributed by atoms with Gasteiger partial charge in [-0.3, -0.25) is 0 Å². The van der Waals surface area contributed by atoms with E-state index in [4.69, 9.17) is 4.74 Å². The lowest BCUT2D eigenvalue weighted by atomic mass is 10.2. The van der Waals surface area contributed by atoms with Crippen molar-refractivity contribution in [2.24, 2.45) is 0 Å². The quantitative estimate of drug-likeness (QED) is 0.887. The Balaban J connectivity index is 2.39. The van der Waals surface area contributed by atoms with Gasteiger partial charge in [0, 0.05) is 19.3 Å². The molecule has 0 bridgehead atoms. The van der Waals surface area contributed by atoms with Crippen molar-refractivity contribution in [2.75, 3.05) is 18.6 Å². The van der Waals surface area contributed by atoms with Crippen LogP contribution in [0.25, 0.3) is 0 Å². The molecule has 2 aromatic rings. The highest BCUT2D eigenvalue weighted by Crippen LogP contribution is 2.33. The Morgan fingerprint density at radius 2 is 2.10 bits per heavy atom. The molecule has 1 aromatic heterocycles. The number of aliphatic hydroxyl groups is 1. The number of aryl methyl sites for hydroxylation is 1. The molecule has 0 aliphatic carbocycles. The molecule has 108 valence electrons. The van der Waals surface area contributed by atoms with E-state index in [1.54, 1.807) is 7.11 Å². The lowest BCUT2D eigenvalue weighted by Gasteiger charge is -2.21. The minimum atomic E-state index is 0.00167. The number of nitrogens with zero attached hydrogens (tertiary/aromatic N) is 2. The van der Waals surface area contributed by atoms with Gasteiger partial charge in [0.2, 0.25) is 0 Å². The third-order valence-electron chi connectivity index (χ3n) is 3.15. The van der Waals surface area contributed by atoms with Crippen molar-refractivity contribution in [3.05, 3.63) is 40.4 Å². The monoisotopic (exact) mass is 292 g/mol. The van der Waals surface area contributed by atoms with E-state index in [0.717, 1.165) is 27.9 Å². The molecule has 0 saturated carbocycles. The van der Waals surface area contributed by atoms with Gasteiger partial charge >= 0.3 is 0 Å². The van der Waals surface area contributed by atoms with Crippen molar-refractivity contribution in [3.8, 4) is 0 Å². The van der Waals surface area contributed by atoms with Gasteiger partial charge < -0.3 is 14.7 Å². The summed E-state index contributed by atoms with van der Waals surface area (Å²) in [6, 6.07) is 8.25. The number of anilines is 2. The number of ether oxygens (including phenoxy) is 1. The van der Waals surface area contributed by atoms with E-state index in [9.17, 15) is 5.11 Å². The van der Waals surface area contributed by atoms with Gasteiger partial charge in [0.15, 0.2) is 5.13 Å². The van der Waals surface area contributed by atoms with Crippen LogP contribution in [-0.2, 0) is 18.0 Å². The van der Waals surface area contributed by atoms with E-state index >= 15 is 0 Å². The number of hydrogen-bond donors (Lipinski definition) is 1. The first-order chi connectivity index (χ1) is 9.71. The van der Waals surface area contributed by atoms with E-state index in [1.807, 2.05) is 12.1 Å². The first-order valence-corrected chi connectivity index (χ1v) is 7.44. The van der Waals surface area contributed by atoms with Crippen LogP contribution >= 0.6 is 11.3 Å². The number of para-hydroxylation sites is 1. The zero-order chi connectivity index (χ0) is 14.5. The van der Waals surface area contributed by atoms with Crippen LogP contribution in [0.5, 0.6) is 0 Å². The maximum atomic E-state index is 9.43. The molecule has 0 spiro atoms. The zero-order valence-corrected chi connectivity index (χ0v) is 12.9. The molecular formula is C15H20N2O2S. The summed E-state index contributed by atoms with van der Waals surface area (Å²) >= 11 is 1.52. The lowest BCUT2D eigenvalue weighted by molar-refractivity contribution is 0.179. The van der Waals surface area contributed by atoms with Gasteiger partial charge in [-0.25, -0.2) is 4.98 Å². The molecular weight excluding hydrogens is 272 g/mol. The minimum Gasteiger partial charge on any atom is -0.391 e. The minimum absolute atomic E-state index is 0.00167. The molecule has 5 heteroatoms. The molecule has 0 atom stereocenters. The summed E-state index contributed by atoms with van der Waals surface area (Å²) in [5.74, 6) is 0. The molecule has 0 amide bonds. The smallest absolute Gasteiger partial charge is 0.190 e. The Kier molecular flexibility index (Phi) is 5.11. The van der Waals surface area contributed by atoms with E-state index < -0.39 is 0 Å². The summed E-state index contributed by atoms with van der Waals surface area (Å²) in [5.41, 5.74) is 3.18. The van der Waals surface area contributed by atoms with Gasteiger partial charge in [-0.1, -0.05) is 29.5 Å². The number of methoxy groups -OCH3 is 1. The van der Waals surface area contributed by atoms with Crippen LogP contribution in [0.15, 0.2) is 24.3 Å². The number of aromatic nitrogens is 1. The van der Waals surface area contributed by atoms with Crippen molar-refractivity contribution in [2.45, 2.75) is 27.1 Å². The maximum Gasteiger partial charge on any atom is 0.190 e. The summed E-state index contributed by atoms with van der Waals surface area (Å²) in [6.07, 6.45) is 0. The van der Waals surface area contributed by atoms with Crippen molar-refractivity contribution in [1.29, 1.82) is 0 Å². The predicted molar refractivity (Wildman–Crippen MR) is 82.6 cm³/mol. The first-order valence-electron chi connectivity index (χ1n) is 6.62.